The largest absolute Gasteiger partial charge is 0.490 e. The molecule has 3 nitrogen and oxygen atoms in total. The van der Waals surface area contributed by atoms with Crippen molar-refractivity contribution >= 4 is 0 Å². The molecule has 0 bridgehead atoms. The molecule has 0 aromatic carbocycles. The van der Waals surface area contributed by atoms with Gasteiger partial charge in [-0.05, 0) is 30.9 Å². The Morgan fingerprint density at radius 2 is 2.50 bits per heavy atom. The van der Waals surface area contributed by atoms with Crippen LogP contribution in [0.3, 0.4) is 0 Å². The van der Waals surface area contributed by atoms with Crippen molar-refractivity contribution in [1.29, 1.82) is 0 Å². The van der Waals surface area contributed by atoms with E-state index in [0.717, 1.165) is 24.3 Å². The molecule has 2 aliphatic rings. The standard InChI is InChI=1S/C11H14N2O/c1-2-10(6-12-3-1)14-7-9-4-8-5-11(8)13-9/h1-3,6,8-9,11,13H,4-5,7H2/t8-,9+,11+/m1/s1. The Hall–Kier alpha value is -1.09. The van der Waals surface area contributed by atoms with E-state index >= 15 is 0 Å². The van der Waals surface area contributed by atoms with Crippen LogP contribution in [-0.4, -0.2) is 23.7 Å². The van der Waals surface area contributed by atoms with E-state index in [1.54, 1.807) is 12.4 Å². The summed E-state index contributed by atoms with van der Waals surface area (Å²) in [6.45, 7) is 0.776. The minimum atomic E-state index is 0.555. The van der Waals surface area contributed by atoms with Gasteiger partial charge in [-0.15, -0.1) is 0 Å². The minimum absolute atomic E-state index is 0.555. The molecule has 0 amide bonds. The zero-order valence-electron chi connectivity index (χ0n) is 8.02. The van der Waals surface area contributed by atoms with Crippen molar-refractivity contribution < 1.29 is 4.74 Å². The van der Waals surface area contributed by atoms with Gasteiger partial charge in [0.15, 0.2) is 0 Å². The van der Waals surface area contributed by atoms with Crippen LogP contribution in [0.1, 0.15) is 12.8 Å². The molecule has 1 saturated heterocycles. The third-order valence-corrected chi connectivity index (χ3v) is 3.05. The number of nitrogens with one attached hydrogen (secondary N) is 1. The van der Waals surface area contributed by atoms with Gasteiger partial charge in [0.2, 0.25) is 0 Å². The van der Waals surface area contributed by atoms with Gasteiger partial charge in [0.05, 0.1) is 6.20 Å². The molecule has 1 aliphatic carbocycles. The number of ether oxygens (including phenoxy) is 1. The van der Waals surface area contributed by atoms with Crippen LogP contribution in [0.2, 0.25) is 0 Å². The summed E-state index contributed by atoms with van der Waals surface area (Å²) in [4.78, 5) is 4.01. The molecule has 3 rings (SSSR count). The molecule has 1 N–H and O–H groups in total. The van der Waals surface area contributed by atoms with Crippen LogP contribution in [0.25, 0.3) is 0 Å². The summed E-state index contributed by atoms with van der Waals surface area (Å²) >= 11 is 0. The average molecular weight is 190 g/mol. The second-order valence-electron chi connectivity index (χ2n) is 4.20. The van der Waals surface area contributed by atoms with Gasteiger partial charge < -0.3 is 10.1 Å². The molecule has 1 aromatic rings. The summed E-state index contributed by atoms with van der Waals surface area (Å²) in [6.07, 6.45) is 6.18. The fourth-order valence-electron chi connectivity index (χ4n) is 2.19. The molecule has 1 aromatic heterocycles. The number of hydrogen-bond donors (Lipinski definition) is 1. The van der Waals surface area contributed by atoms with Crippen LogP contribution in [0.5, 0.6) is 5.75 Å². The SMILES string of the molecule is c1cncc(OC[C@@H]2C[C@@H]3C[C@@H]3N2)c1. The molecule has 0 radical (unpaired) electrons. The third-order valence-electron chi connectivity index (χ3n) is 3.05. The van der Waals surface area contributed by atoms with Crippen LogP contribution >= 0.6 is 0 Å². The second-order valence-corrected chi connectivity index (χ2v) is 4.20. The molecule has 3 heteroatoms. The summed E-state index contributed by atoms with van der Waals surface area (Å²) in [5.41, 5.74) is 0. The molecular formula is C11H14N2O. The van der Waals surface area contributed by atoms with E-state index < -0.39 is 0 Å². The summed E-state index contributed by atoms with van der Waals surface area (Å²) in [5.74, 6) is 1.81. The van der Waals surface area contributed by atoms with E-state index in [4.69, 9.17) is 4.74 Å². The Morgan fingerprint density at radius 3 is 3.21 bits per heavy atom. The van der Waals surface area contributed by atoms with Gasteiger partial charge in [0, 0.05) is 18.3 Å². The van der Waals surface area contributed by atoms with E-state index in [0.29, 0.717) is 6.04 Å². The van der Waals surface area contributed by atoms with Gasteiger partial charge in [-0.3, -0.25) is 4.98 Å². The Balaban J connectivity index is 1.50. The number of aromatic nitrogens is 1. The molecule has 0 unspecified atom stereocenters. The second kappa shape index (κ2) is 3.24. The van der Waals surface area contributed by atoms with Crippen molar-refractivity contribution in [1.82, 2.24) is 10.3 Å². The van der Waals surface area contributed by atoms with Gasteiger partial charge in [0.25, 0.3) is 0 Å². The third kappa shape index (κ3) is 1.60. The van der Waals surface area contributed by atoms with Crippen molar-refractivity contribution in [2.45, 2.75) is 24.9 Å². The van der Waals surface area contributed by atoms with Crippen molar-refractivity contribution in [3.63, 3.8) is 0 Å². The number of pyridine rings is 1. The summed E-state index contributed by atoms with van der Waals surface area (Å²) < 4.78 is 5.63. The van der Waals surface area contributed by atoms with Crippen LogP contribution in [0.4, 0.5) is 0 Å². The predicted octanol–water partition coefficient (Wildman–Crippen LogP) is 1.21. The highest BCUT2D eigenvalue weighted by atomic mass is 16.5. The first-order chi connectivity index (χ1) is 6.92. The maximum Gasteiger partial charge on any atom is 0.137 e. The molecule has 1 saturated carbocycles. The monoisotopic (exact) mass is 190 g/mol. The van der Waals surface area contributed by atoms with Crippen LogP contribution in [-0.2, 0) is 0 Å². The first-order valence-electron chi connectivity index (χ1n) is 5.21. The Kier molecular flexibility index (Phi) is 1.91. The summed E-state index contributed by atoms with van der Waals surface area (Å²) in [5, 5.41) is 3.55. The maximum absolute atomic E-state index is 5.63. The number of fused-ring (bicyclic) bond motifs is 1. The number of piperidine rings is 1. The molecule has 3 atom stereocenters. The Morgan fingerprint density at radius 1 is 1.50 bits per heavy atom. The van der Waals surface area contributed by atoms with E-state index in [2.05, 4.69) is 10.3 Å². The maximum atomic E-state index is 5.63. The van der Waals surface area contributed by atoms with Crippen LogP contribution < -0.4 is 10.1 Å². The Bertz CT molecular complexity index is 304. The highest BCUT2D eigenvalue weighted by Crippen LogP contribution is 2.40. The molecule has 0 spiro atoms. The van der Waals surface area contributed by atoms with Crippen LogP contribution in [0, 0.1) is 5.92 Å². The van der Waals surface area contributed by atoms with Gasteiger partial charge in [-0.25, -0.2) is 0 Å². The zero-order chi connectivity index (χ0) is 9.38. The Labute approximate surface area is 83.5 Å². The number of hydrogen-bond acceptors (Lipinski definition) is 3. The van der Waals surface area contributed by atoms with E-state index in [-0.39, 0.29) is 0 Å². The number of nitrogens with zero attached hydrogens (tertiary/aromatic N) is 1. The molecule has 2 heterocycles. The normalized spacial score (nSPS) is 33.9. The minimum Gasteiger partial charge on any atom is -0.490 e. The summed E-state index contributed by atoms with van der Waals surface area (Å²) in [7, 11) is 0. The molecule has 1 aliphatic heterocycles. The smallest absolute Gasteiger partial charge is 0.137 e. The highest BCUT2D eigenvalue weighted by molar-refractivity contribution is 5.15. The fourth-order valence-corrected chi connectivity index (χ4v) is 2.19. The topological polar surface area (TPSA) is 34.1 Å². The lowest BCUT2D eigenvalue weighted by atomic mass is 10.2. The molecular weight excluding hydrogens is 176 g/mol. The lowest BCUT2D eigenvalue weighted by Crippen LogP contribution is -2.31. The molecule has 14 heavy (non-hydrogen) atoms. The summed E-state index contributed by atoms with van der Waals surface area (Å²) in [6, 6.07) is 5.20. The molecule has 2 fully saturated rings. The first kappa shape index (κ1) is 8.24. The van der Waals surface area contributed by atoms with E-state index in [1.165, 1.54) is 12.8 Å². The zero-order valence-corrected chi connectivity index (χ0v) is 8.02. The molecule has 74 valence electrons. The van der Waals surface area contributed by atoms with Gasteiger partial charge in [-0.2, -0.15) is 0 Å². The van der Waals surface area contributed by atoms with Crippen molar-refractivity contribution in [2.75, 3.05) is 6.61 Å². The lowest BCUT2D eigenvalue weighted by molar-refractivity contribution is 0.267. The predicted molar refractivity (Wildman–Crippen MR) is 53.2 cm³/mol. The highest BCUT2D eigenvalue weighted by Gasteiger charge is 2.45. The van der Waals surface area contributed by atoms with E-state index in [1.807, 2.05) is 12.1 Å². The lowest BCUT2D eigenvalue weighted by Gasteiger charge is -2.13. The van der Waals surface area contributed by atoms with Gasteiger partial charge in [0.1, 0.15) is 12.4 Å². The van der Waals surface area contributed by atoms with Gasteiger partial charge >= 0.3 is 0 Å². The van der Waals surface area contributed by atoms with Gasteiger partial charge in [-0.1, -0.05) is 0 Å². The first-order valence-corrected chi connectivity index (χ1v) is 5.21. The van der Waals surface area contributed by atoms with Crippen molar-refractivity contribution in [3.05, 3.63) is 24.5 Å². The van der Waals surface area contributed by atoms with E-state index in [9.17, 15) is 0 Å². The van der Waals surface area contributed by atoms with Crippen molar-refractivity contribution in [3.8, 4) is 5.75 Å². The average Bonchev–Trinajstić information content (AvgIpc) is 2.85. The number of rotatable bonds is 3. The fraction of sp³-hybridized carbons (Fsp3) is 0.545. The van der Waals surface area contributed by atoms with Crippen molar-refractivity contribution in [2.24, 2.45) is 5.92 Å². The quantitative estimate of drug-likeness (QED) is 0.778. The van der Waals surface area contributed by atoms with Crippen LogP contribution in [0.15, 0.2) is 24.5 Å².